The molecule has 0 unspecified atom stereocenters. The Kier molecular flexibility index (Phi) is 4.49. The normalized spacial score (nSPS) is 11.7. The van der Waals surface area contributed by atoms with Crippen molar-refractivity contribution in [3.63, 3.8) is 0 Å². The van der Waals surface area contributed by atoms with Gasteiger partial charge in [0.1, 0.15) is 16.8 Å². The van der Waals surface area contributed by atoms with E-state index in [2.05, 4.69) is 95.6 Å². The summed E-state index contributed by atoms with van der Waals surface area (Å²) in [7, 11) is 0. The summed E-state index contributed by atoms with van der Waals surface area (Å²) in [5.74, 6) is 0.672. The lowest BCUT2D eigenvalue weighted by atomic mass is 10.1. The number of hydrogen-bond donors (Lipinski definition) is 0. The van der Waals surface area contributed by atoms with Crippen LogP contribution in [-0.2, 0) is 0 Å². The van der Waals surface area contributed by atoms with Gasteiger partial charge in [-0.15, -0.1) is 0 Å². The minimum absolute atomic E-state index is 0.672. The Bertz CT molecular complexity index is 2080. The standard InChI is InChI=1S/C34H21N3O/c1-2-11-22(12-3-1)31-33-32(27-17-6-9-20-30(27)38-33)36-34(35-31)23-13-10-14-24(21-23)37-28-18-7-4-15-25(28)26-16-5-8-19-29(26)37/h1-21H. The first-order valence-corrected chi connectivity index (χ1v) is 12.7. The number of rotatable bonds is 3. The highest BCUT2D eigenvalue weighted by Crippen LogP contribution is 2.36. The molecule has 0 N–H and O–H groups in total. The van der Waals surface area contributed by atoms with Gasteiger partial charge in [-0.2, -0.15) is 0 Å². The molecule has 3 heterocycles. The molecule has 0 radical (unpaired) electrons. The summed E-state index contributed by atoms with van der Waals surface area (Å²) in [4.78, 5) is 10.1. The summed E-state index contributed by atoms with van der Waals surface area (Å²) in [5, 5.41) is 3.46. The Balaban J connectivity index is 1.39. The van der Waals surface area contributed by atoms with Gasteiger partial charge in [-0.1, -0.05) is 91.0 Å². The van der Waals surface area contributed by atoms with Crippen LogP contribution < -0.4 is 0 Å². The Morgan fingerprint density at radius 1 is 0.526 bits per heavy atom. The molecule has 0 aliphatic heterocycles. The van der Waals surface area contributed by atoms with E-state index in [-0.39, 0.29) is 0 Å². The molecule has 8 rings (SSSR count). The summed E-state index contributed by atoms with van der Waals surface area (Å²) in [6.45, 7) is 0. The number of nitrogens with zero attached hydrogens (tertiary/aromatic N) is 3. The van der Waals surface area contributed by atoms with Crippen LogP contribution in [0.5, 0.6) is 0 Å². The molecular weight excluding hydrogens is 466 g/mol. The monoisotopic (exact) mass is 487 g/mol. The van der Waals surface area contributed by atoms with Gasteiger partial charge in [-0.25, -0.2) is 9.97 Å². The van der Waals surface area contributed by atoms with Gasteiger partial charge in [0.15, 0.2) is 11.4 Å². The maximum absolute atomic E-state index is 6.28. The quantitative estimate of drug-likeness (QED) is 0.250. The average Bonchev–Trinajstić information content (AvgIpc) is 3.53. The molecule has 38 heavy (non-hydrogen) atoms. The first kappa shape index (κ1) is 20.9. The van der Waals surface area contributed by atoms with Crippen LogP contribution in [0.25, 0.3) is 72.2 Å². The SMILES string of the molecule is c1ccc(-c2nc(-c3cccc(-n4c5ccccc5c5ccccc54)c3)nc3c2oc2ccccc23)cc1. The lowest BCUT2D eigenvalue weighted by Gasteiger charge is -2.11. The number of fused-ring (bicyclic) bond motifs is 6. The molecule has 0 fully saturated rings. The van der Waals surface area contributed by atoms with E-state index in [1.165, 1.54) is 21.8 Å². The van der Waals surface area contributed by atoms with Crippen LogP contribution in [0.15, 0.2) is 132 Å². The molecule has 0 saturated carbocycles. The van der Waals surface area contributed by atoms with Crippen molar-refractivity contribution in [2.75, 3.05) is 0 Å². The molecule has 0 atom stereocenters. The van der Waals surface area contributed by atoms with Crippen LogP contribution in [0.1, 0.15) is 0 Å². The van der Waals surface area contributed by atoms with Crippen molar-refractivity contribution in [2.24, 2.45) is 0 Å². The van der Waals surface area contributed by atoms with Crippen molar-refractivity contribution in [1.82, 2.24) is 14.5 Å². The number of benzene rings is 5. The third-order valence-corrected chi connectivity index (χ3v) is 7.21. The third kappa shape index (κ3) is 3.10. The molecule has 3 aromatic heterocycles. The smallest absolute Gasteiger partial charge is 0.180 e. The van der Waals surface area contributed by atoms with Crippen molar-refractivity contribution in [2.45, 2.75) is 0 Å². The van der Waals surface area contributed by atoms with E-state index >= 15 is 0 Å². The Morgan fingerprint density at radius 2 is 1.16 bits per heavy atom. The van der Waals surface area contributed by atoms with E-state index in [1.807, 2.05) is 36.4 Å². The largest absolute Gasteiger partial charge is 0.452 e. The Hall–Kier alpha value is -5.22. The average molecular weight is 488 g/mol. The van der Waals surface area contributed by atoms with E-state index in [1.54, 1.807) is 0 Å². The van der Waals surface area contributed by atoms with E-state index in [0.29, 0.717) is 11.4 Å². The summed E-state index contributed by atoms with van der Waals surface area (Å²) in [6.07, 6.45) is 0. The number of aromatic nitrogens is 3. The summed E-state index contributed by atoms with van der Waals surface area (Å²) in [6, 6.07) is 43.8. The van der Waals surface area contributed by atoms with Crippen LogP contribution in [0.2, 0.25) is 0 Å². The fourth-order valence-electron chi connectivity index (χ4n) is 5.50. The van der Waals surface area contributed by atoms with Crippen LogP contribution in [0, 0.1) is 0 Å². The van der Waals surface area contributed by atoms with Crippen LogP contribution in [0.3, 0.4) is 0 Å². The van der Waals surface area contributed by atoms with Gasteiger partial charge in [0.05, 0.1) is 11.0 Å². The Labute approximate surface area is 218 Å². The maximum Gasteiger partial charge on any atom is 0.180 e. The highest BCUT2D eigenvalue weighted by Gasteiger charge is 2.18. The molecule has 4 nitrogen and oxygen atoms in total. The first-order valence-electron chi connectivity index (χ1n) is 12.7. The van der Waals surface area contributed by atoms with Gasteiger partial charge < -0.3 is 8.98 Å². The summed E-state index contributed by atoms with van der Waals surface area (Å²) in [5.41, 5.74) is 8.51. The molecule has 0 aliphatic carbocycles. The summed E-state index contributed by atoms with van der Waals surface area (Å²) >= 11 is 0. The fourth-order valence-corrected chi connectivity index (χ4v) is 5.50. The van der Waals surface area contributed by atoms with Gasteiger partial charge in [0.25, 0.3) is 0 Å². The molecule has 0 bridgehead atoms. The second-order valence-electron chi connectivity index (χ2n) is 9.46. The second-order valence-corrected chi connectivity index (χ2v) is 9.46. The van der Waals surface area contributed by atoms with Gasteiger partial charge >= 0.3 is 0 Å². The molecule has 0 aliphatic rings. The molecule has 0 spiro atoms. The van der Waals surface area contributed by atoms with Crippen LogP contribution in [-0.4, -0.2) is 14.5 Å². The summed E-state index contributed by atoms with van der Waals surface area (Å²) < 4.78 is 8.60. The van der Waals surface area contributed by atoms with Gasteiger partial charge in [0, 0.05) is 33.0 Å². The van der Waals surface area contributed by atoms with Gasteiger partial charge in [0.2, 0.25) is 0 Å². The van der Waals surface area contributed by atoms with Crippen molar-refractivity contribution >= 4 is 43.9 Å². The molecule has 4 heteroatoms. The minimum Gasteiger partial charge on any atom is -0.452 e. The minimum atomic E-state index is 0.672. The lowest BCUT2D eigenvalue weighted by molar-refractivity contribution is 0.667. The Morgan fingerprint density at radius 3 is 1.92 bits per heavy atom. The zero-order chi connectivity index (χ0) is 25.1. The van der Waals surface area contributed by atoms with Crippen molar-refractivity contribution < 1.29 is 4.42 Å². The van der Waals surface area contributed by atoms with E-state index in [9.17, 15) is 0 Å². The molecule has 178 valence electrons. The van der Waals surface area contributed by atoms with Crippen molar-refractivity contribution in [3.05, 3.63) is 127 Å². The molecule has 0 saturated heterocycles. The number of para-hydroxylation sites is 3. The van der Waals surface area contributed by atoms with E-state index in [0.717, 1.165) is 39.0 Å². The fraction of sp³-hybridized carbons (Fsp3) is 0. The highest BCUT2D eigenvalue weighted by molar-refractivity contribution is 6.09. The van der Waals surface area contributed by atoms with Crippen LogP contribution >= 0.6 is 0 Å². The van der Waals surface area contributed by atoms with Gasteiger partial charge in [-0.3, -0.25) is 0 Å². The molecular formula is C34H21N3O. The van der Waals surface area contributed by atoms with E-state index in [4.69, 9.17) is 14.4 Å². The lowest BCUT2D eigenvalue weighted by Crippen LogP contribution is -1.97. The predicted octanol–water partition coefficient (Wildman–Crippen LogP) is 8.81. The number of furan rings is 1. The van der Waals surface area contributed by atoms with Crippen molar-refractivity contribution in [3.8, 4) is 28.3 Å². The van der Waals surface area contributed by atoms with Gasteiger partial charge in [-0.05, 0) is 36.4 Å². The zero-order valence-electron chi connectivity index (χ0n) is 20.4. The zero-order valence-corrected chi connectivity index (χ0v) is 20.4. The predicted molar refractivity (Wildman–Crippen MR) is 155 cm³/mol. The van der Waals surface area contributed by atoms with Crippen LogP contribution in [0.4, 0.5) is 0 Å². The maximum atomic E-state index is 6.28. The molecule has 5 aromatic carbocycles. The highest BCUT2D eigenvalue weighted by atomic mass is 16.3. The third-order valence-electron chi connectivity index (χ3n) is 7.21. The number of hydrogen-bond acceptors (Lipinski definition) is 3. The first-order chi connectivity index (χ1) is 18.8. The molecule has 8 aromatic rings. The van der Waals surface area contributed by atoms with Crippen molar-refractivity contribution in [1.29, 1.82) is 0 Å². The topological polar surface area (TPSA) is 43.9 Å². The van der Waals surface area contributed by atoms with E-state index < -0.39 is 0 Å². The second kappa shape index (κ2) is 8.15. The molecule has 0 amide bonds.